The predicted octanol–water partition coefficient (Wildman–Crippen LogP) is 10.6. The number of esters is 3. The molecule has 6 heterocycles. The van der Waals surface area contributed by atoms with E-state index in [1.54, 1.807) is 63.4 Å². The molecule has 0 fully saturated rings. The Morgan fingerprint density at radius 1 is 0.476 bits per heavy atom. The normalized spacial score (nSPS) is 11.7. The molecule has 0 saturated heterocycles. The molecule has 0 atom stereocenters. The Labute approximate surface area is 362 Å². The summed E-state index contributed by atoms with van der Waals surface area (Å²) in [4.78, 5) is 60.9. The number of H-pyrrole nitrogens is 2. The van der Waals surface area contributed by atoms with Gasteiger partial charge in [0, 0.05) is 52.7 Å². The van der Waals surface area contributed by atoms with E-state index in [0.717, 1.165) is 61.0 Å². The number of rotatable bonds is 10. The molecule has 4 aromatic heterocycles. The van der Waals surface area contributed by atoms with E-state index in [4.69, 9.17) is 29.2 Å². The summed E-state index contributed by atoms with van der Waals surface area (Å²) in [5.41, 5.74) is 12.8. The summed E-state index contributed by atoms with van der Waals surface area (Å²) in [5.74, 6) is -0.489. The second kappa shape index (κ2) is 17.1. The van der Waals surface area contributed by atoms with Crippen molar-refractivity contribution >= 4 is 64.3 Å². The second-order valence-electron chi connectivity index (χ2n) is 14.8. The van der Waals surface area contributed by atoms with Gasteiger partial charge in [0.15, 0.2) is 0 Å². The van der Waals surface area contributed by atoms with Crippen molar-refractivity contribution in [1.82, 2.24) is 29.5 Å². The minimum absolute atomic E-state index is 0.266. The Bertz CT molecular complexity index is 3090. The first kappa shape index (κ1) is 40.3. The van der Waals surface area contributed by atoms with Crippen LogP contribution in [0.4, 0.5) is 0 Å². The van der Waals surface area contributed by atoms with Crippen molar-refractivity contribution in [2.75, 3.05) is 19.8 Å². The minimum atomic E-state index is -0.403. The summed E-state index contributed by atoms with van der Waals surface area (Å²) < 4.78 is 17.8. The van der Waals surface area contributed by atoms with Gasteiger partial charge in [-0.25, -0.2) is 29.3 Å². The number of hydrogen-bond donors (Lipinski definition) is 2. The molecule has 3 aromatic carbocycles. The molecular weight excluding hydrogens is 793 g/mol. The van der Waals surface area contributed by atoms with Crippen LogP contribution >= 0.6 is 0 Å². The summed E-state index contributed by atoms with van der Waals surface area (Å²) in [6.07, 6.45) is 11.6. The van der Waals surface area contributed by atoms with Crippen molar-refractivity contribution in [3.8, 4) is 44.8 Å². The van der Waals surface area contributed by atoms with Crippen LogP contribution in [0, 0.1) is 0 Å². The first-order valence-corrected chi connectivity index (χ1v) is 20.7. The molecule has 2 aliphatic heterocycles. The van der Waals surface area contributed by atoms with E-state index < -0.39 is 17.9 Å². The zero-order valence-corrected chi connectivity index (χ0v) is 35.1. The lowest BCUT2D eigenvalue weighted by Crippen LogP contribution is -2.04. The third-order valence-corrected chi connectivity index (χ3v) is 10.9. The first-order valence-electron chi connectivity index (χ1n) is 20.7. The summed E-state index contributed by atoms with van der Waals surface area (Å²) in [7, 11) is 1.95. The number of imidazole rings is 1. The molecule has 8 bridgehead atoms. The van der Waals surface area contributed by atoms with Crippen LogP contribution < -0.4 is 0 Å². The van der Waals surface area contributed by atoms with Crippen LogP contribution in [0.15, 0.2) is 109 Å². The fraction of sp³-hybridized carbons (Fsp3) is 0.137. The maximum Gasteiger partial charge on any atom is 0.338 e. The number of nitrogens with one attached hydrogen (secondary N) is 2. The van der Waals surface area contributed by atoms with Crippen molar-refractivity contribution in [3.63, 3.8) is 0 Å². The zero-order valence-electron chi connectivity index (χ0n) is 35.1. The average molecular weight is 835 g/mol. The van der Waals surface area contributed by atoms with E-state index >= 15 is 0 Å². The van der Waals surface area contributed by atoms with E-state index in [1.807, 2.05) is 103 Å². The van der Waals surface area contributed by atoms with Crippen LogP contribution in [0.1, 0.15) is 74.6 Å². The standard InChI is InChI=1S/C51H42N6O6/c1-5-61-49(58)33-14-8-30(9-15-33)44-36-20-22-38(53-36)45(31-10-16-34(17-11-31)50(59)62-6-2)40-24-26-42(55-40)47(48-52-28-29-57(48)4)43-27-25-41(56-43)46(39-23-21-37(44)54-39)32-12-18-35(19-13-32)51(60)63-7-3/h8-29,53,56H,5-7H2,1-4H3. The predicted molar refractivity (Wildman–Crippen MR) is 245 cm³/mol. The van der Waals surface area contributed by atoms with Gasteiger partial charge in [-0.2, -0.15) is 0 Å². The number of nitrogens with zero attached hydrogens (tertiary/aromatic N) is 4. The zero-order chi connectivity index (χ0) is 43.6. The Morgan fingerprint density at radius 2 is 0.794 bits per heavy atom. The molecule has 0 spiro atoms. The van der Waals surface area contributed by atoms with Crippen LogP contribution in [0.5, 0.6) is 0 Å². The lowest BCUT2D eigenvalue weighted by Gasteiger charge is -2.08. The van der Waals surface area contributed by atoms with Crippen LogP contribution in [0.3, 0.4) is 0 Å². The van der Waals surface area contributed by atoms with Crippen LogP contribution in [0.2, 0.25) is 0 Å². The molecule has 2 aliphatic rings. The molecule has 312 valence electrons. The number of carbonyl (C=O) groups excluding carboxylic acids is 3. The highest BCUT2D eigenvalue weighted by atomic mass is 16.5. The number of hydrogen-bond acceptors (Lipinski definition) is 9. The van der Waals surface area contributed by atoms with Crippen molar-refractivity contribution < 1.29 is 28.6 Å². The minimum Gasteiger partial charge on any atom is -0.462 e. The Kier molecular flexibility index (Phi) is 10.9. The number of carbonyl (C=O) groups is 3. The van der Waals surface area contributed by atoms with Crippen molar-refractivity contribution in [1.29, 1.82) is 0 Å². The van der Waals surface area contributed by atoms with Gasteiger partial charge in [0.05, 0.1) is 70.4 Å². The quantitative estimate of drug-likeness (QED) is 0.101. The van der Waals surface area contributed by atoms with Crippen LogP contribution in [-0.4, -0.2) is 67.2 Å². The Morgan fingerprint density at radius 3 is 1.10 bits per heavy atom. The number of benzene rings is 3. The maximum absolute atomic E-state index is 12.7. The molecule has 12 nitrogen and oxygen atoms in total. The highest BCUT2D eigenvalue weighted by Crippen LogP contribution is 2.38. The maximum atomic E-state index is 12.7. The van der Waals surface area contributed by atoms with Gasteiger partial charge in [0.2, 0.25) is 0 Å². The van der Waals surface area contributed by atoms with Gasteiger partial charge in [-0.05, 0) is 122 Å². The fourth-order valence-corrected chi connectivity index (χ4v) is 7.92. The highest BCUT2D eigenvalue weighted by Gasteiger charge is 2.21. The molecule has 63 heavy (non-hydrogen) atoms. The second-order valence-corrected chi connectivity index (χ2v) is 14.8. The largest absolute Gasteiger partial charge is 0.462 e. The molecule has 12 heteroatoms. The number of aromatic nitrogens is 6. The van der Waals surface area contributed by atoms with Gasteiger partial charge >= 0.3 is 17.9 Å². The molecule has 9 rings (SSSR count). The van der Waals surface area contributed by atoms with Crippen molar-refractivity contribution in [3.05, 3.63) is 149 Å². The van der Waals surface area contributed by atoms with E-state index in [-0.39, 0.29) is 19.8 Å². The van der Waals surface area contributed by atoms with E-state index in [2.05, 4.69) is 9.97 Å². The number of fused-ring (bicyclic) bond motifs is 8. The molecule has 0 radical (unpaired) electrons. The van der Waals surface area contributed by atoms with E-state index in [9.17, 15) is 14.4 Å². The topological polar surface area (TPSA) is 154 Å². The van der Waals surface area contributed by atoms with Crippen molar-refractivity contribution in [2.24, 2.45) is 7.05 Å². The van der Waals surface area contributed by atoms with Crippen molar-refractivity contribution in [2.45, 2.75) is 20.8 Å². The Balaban J connectivity index is 1.38. The molecule has 0 amide bonds. The molecule has 0 aliphatic carbocycles. The van der Waals surface area contributed by atoms with Crippen LogP contribution in [0.25, 0.3) is 91.1 Å². The third-order valence-electron chi connectivity index (χ3n) is 10.9. The van der Waals surface area contributed by atoms with Gasteiger partial charge in [0.1, 0.15) is 5.82 Å². The number of aromatic amines is 2. The molecule has 0 unspecified atom stereocenters. The molecule has 2 N–H and O–H groups in total. The monoisotopic (exact) mass is 834 g/mol. The lowest BCUT2D eigenvalue weighted by atomic mass is 10.0. The molecular formula is C51H42N6O6. The smallest absolute Gasteiger partial charge is 0.338 e. The van der Waals surface area contributed by atoms with Gasteiger partial charge in [-0.1, -0.05) is 36.4 Å². The summed E-state index contributed by atoms with van der Waals surface area (Å²) in [6.45, 7) is 6.15. The van der Waals surface area contributed by atoms with E-state index in [0.29, 0.717) is 45.3 Å². The molecule has 0 saturated carbocycles. The summed E-state index contributed by atoms with van der Waals surface area (Å²) in [5, 5.41) is 0. The molecule has 7 aromatic rings. The Hall–Kier alpha value is -8.12. The number of ether oxygens (including phenoxy) is 3. The lowest BCUT2D eigenvalue weighted by molar-refractivity contribution is 0.0517. The van der Waals surface area contributed by atoms with Gasteiger partial charge in [-0.3, -0.25) is 0 Å². The van der Waals surface area contributed by atoms with Gasteiger partial charge < -0.3 is 28.7 Å². The van der Waals surface area contributed by atoms with Gasteiger partial charge in [-0.15, -0.1) is 0 Å². The summed E-state index contributed by atoms with van der Waals surface area (Å²) >= 11 is 0. The van der Waals surface area contributed by atoms with E-state index in [1.165, 1.54) is 0 Å². The number of aryl methyl sites for hydroxylation is 1. The fourth-order valence-electron chi connectivity index (χ4n) is 7.92. The highest BCUT2D eigenvalue weighted by molar-refractivity contribution is 6.00. The summed E-state index contributed by atoms with van der Waals surface area (Å²) in [6, 6.07) is 30.0. The van der Waals surface area contributed by atoms with Gasteiger partial charge in [0.25, 0.3) is 0 Å². The third kappa shape index (κ3) is 7.74. The SMILES string of the molecule is CCOC(=O)c1ccc(-c2c3nc(c(-c4ccc(C(=O)OCC)cc4)c4ccc([nH]4)c(-c4nccn4C)c4nc(c(-c5ccc(C(=O)OCC)cc5)c5ccc2[nH]5)C=C4)C=C3)cc1. The average Bonchev–Trinajstić information content (AvgIpc) is 4.17. The van der Waals surface area contributed by atoms with Crippen LogP contribution in [-0.2, 0) is 21.3 Å². The first-order chi connectivity index (χ1) is 30.7.